The van der Waals surface area contributed by atoms with Crippen molar-refractivity contribution in [3.05, 3.63) is 23.4 Å². The molecule has 3 nitrogen and oxygen atoms in total. The van der Waals surface area contributed by atoms with Crippen LogP contribution in [0.5, 0.6) is 0 Å². The molecule has 82 valence electrons. The number of nitrogens with zero attached hydrogens (tertiary/aromatic N) is 2. The van der Waals surface area contributed by atoms with Crippen LogP contribution in [0.3, 0.4) is 0 Å². The Morgan fingerprint density at radius 3 is 2.93 bits per heavy atom. The van der Waals surface area contributed by atoms with Crippen molar-refractivity contribution in [2.24, 2.45) is 0 Å². The zero-order chi connectivity index (χ0) is 10.9. The van der Waals surface area contributed by atoms with E-state index in [-0.39, 0.29) is 5.60 Å². The molecule has 0 unspecified atom stereocenters. The summed E-state index contributed by atoms with van der Waals surface area (Å²) in [5, 5.41) is 0.539. The van der Waals surface area contributed by atoms with Crippen LogP contribution in [-0.2, 0) is 4.74 Å². The smallest absolute Gasteiger partial charge is 0.131 e. The molecule has 0 bridgehead atoms. The highest BCUT2D eigenvalue weighted by Crippen LogP contribution is 2.22. The van der Waals surface area contributed by atoms with Gasteiger partial charge >= 0.3 is 0 Å². The van der Waals surface area contributed by atoms with Gasteiger partial charge in [0.1, 0.15) is 11.0 Å². The van der Waals surface area contributed by atoms with E-state index in [4.69, 9.17) is 16.3 Å². The molecule has 0 aliphatic carbocycles. The van der Waals surface area contributed by atoms with Crippen molar-refractivity contribution < 1.29 is 4.74 Å². The molecule has 1 fully saturated rings. The highest BCUT2D eigenvalue weighted by Gasteiger charge is 2.27. The first-order valence-corrected chi connectivity index (χ1v) is 5.46. The molecule has 2 rings (SSSR count). The van der Waals surface area contributed by atoms with E-state index in [1.54, 1.807) is 6.07 Å². The number of halogens is 1. The molecule has 15 heavy (non-hydrogen) atoms. The van der Waals surface area contributed by atoms with Gasteiger partial charge in [0, 0.05) is 13.1 Å². The van der Waals surface area contributed by atoms with Gasteiger partial charge in [-0.05, 0) is 26.0 Å². The van der Waals surface area contributed by atoms with Crippen LogP contribution < -0.4 is 4.90 Å². The summed E-state index contributed by atoms with van der Waals surface area (Å²) in [6.45, 7) is 6.63. The standard InChI is InChI=1S/C11H15ClN2O/c1-11(2)8-14(6-7-15-11)10-5-3-4-9(12)13-10/h3-5H,6-8H2,1-2H3. The van der Waals surface area contributed by atoms with E-state index < -0.39 is 0 Å². The first kappa shape index (κ1) is 10.7. The lowest BCUT2D eigenvalue weighted by molar-refractivity contribution is -0.0279. The molecule has 0 saturated carbocycles. The predicted octanol–water partition coefficient (Wildman–Crippen LogP) is 2.35. The number of ether oxygens (including phenoxy) is 1. The van der Waals surface area contributed by atoms with Gasteiger partial charge in [-0.2, -0.15) is 0 Å². The van der Waals surface area contributed by atoms with E-state index in [1.165, 1.54) is 0 Å². The number of anilines is 1. The average Bonchev–Trinajstić information content (AvgIpc) is 2.16. The molecule has 0 amide bonds. The fourth-order valence-corrected chi connectivity index (χ4v) is 1.95. The molecule has 1 saturated heterocycles. The number of hydrogen-bond acceptors (Lipinski definition) is 3. The second kappa shape index (κ2) is 3.99. The average molecular weight is 227 g/mol. The third kappa shape index (κ3) is 2.61. The quantitative estimate of drug-likeness (QED) is 0.688. The molecule has 0 radical (unpaired) electrons. The summed E-state index contributed by atoms with van der Waals surface area (Å²) in [6, 6.07) is 5.69. The summed E-state index contributed by atoms with van der Waals surface area (Å²) in [5.74, 6) is 0.930. The third-order valence-electron chi connectivity index (χ3n) is 2.45. The molecule has 0 spiro atoms. The van der Waals surface area contributed by atoms with Gasteiger partial charge < -0.3 is 9.64 Å². The van der Waals surface area contributed by atoms with Gasteiger partial charge in [0.15, 0.2) is 0 Å². The van der Waals surface area contributed by atoms with E-state index in [2.05, 4.69) is 23.7 Å². The van der Waals surface area contributed by atoms with Gasteiger partial charge in [-0.1, -0.05) is 17.7 Å². The lowest BCUT2D eigenvalue weighted by Gasteiger charge is -2.38. The molecule has 2 heterocycles. The molecule has 1 aliphatic heterocycles. The van der Waals surface area contributed by atoms with Crippen molar-refractivity contribution in [2.45, 2.75) is 19.4 Å². The molecule has 1 aliphatic rings. The van der Waals surface area contributed by atoms with Gasteiger partial charge in [-0.25, -0.2) is 4.98 Å². The van der Waals surface area contributed by atoms with Crippen molar-refractivity contribution >= 4 is 17.4 Å². The molecule has 0 atom stereocenters. The van der Waals surface area contributed by atoms with E-state index in [0.29, 0.717) is 5.15 Å². The Kier molecular flexibility index (Phi) is 2.85. The number of hydrogen-bond donors (Lipinski definition) is 0. The fraction of sp³-hybridized carbons (Fsp3) is 0.545. The number of pyridine rings is 1. The summed E-state index contributed by atoms with van der Waals surface area (Å²) in [5.41, 5.74) is -0.109. The zero-order valence-corrected chi connectivity index (χ0v) is 9.79. The van der Waals surface area contributed by atoms with Crippen LogP contribution in [0.2, 0.25) is 5.15 Å². The van der Waals surface area contributed by atoms with Crippen LogP contribution in [0.15, 0.2) is 18.2 Å². The van der Waals surface area contributed by atoms with Gasteiger partial charge in [0.05, 0.1) is 12.2 Å². The van der Waals surface area contributed by atoms with Crippen LogP contribution in [-0.4, -0.2) is 30.3 Å². The van der Waals surface area contributed by atoms with Crippen molar-refractivity contribution in [1.82, 2.24) is 4.98 Å². The van der Waals surface area contributed by atoms with E-state index >= 15 is 0 Å². The van der Waals surface area contributed by atoms with E-state index in [9.17, 15) is 0 Å². The van der Waals surface area contributed by atoms with Crippen molar-refractivity contribution in [1.29, 1.82) is 0 Å². The molecule has 0 aromatic carbocycles. The van der Waals surface area contributed by atoms with Crippen LogP contribution in [0.4, 0.5) is 5.82 Å². The summed E-state index contributed by atoms with van der Waals surface area (Å²) >= 11 is 5.87. The predicted molar refractivity (Wildman–Crippen MR) is 61.5 cm³/mol. The zero-order valence-electron chi connectivity index (χ0n) is 9.03. The van der Waals surface area contributed by atoms with Crippen LogP contribution in [0.1, 0.15) is 13.8 Å². The third-order valence-corrected chi connectivity index (χ3v) is 2.66. The highest BCUT2D eigenvalue weighted by atomic mass is 35.5. The maximum absolute atomic E-state index is 5.87. The first-order valence-electron chi connectivity index (χ1n) is 5.08. The SMILES string of the molecule is CC1(C)CN(c2cccc(Cl)n2)CCO1. The van der Waals surface area contributed by atoms with Gasteiger partial charge in [-0.3, -0.25) is 0 Å². The van der Waals surface area contributed by atoms with Crippen molar-refractivity contribution in [3.8, 4) is 0 Å². The minimum atomic E-state index is -0.109. The topological polar surface area (TPSA) is 25.4 Å². The maximum Gasteiger partial charge on any atom is 0.131 e. The summed E-state index contributed by atoms with van der Waals surface area (Å²) in [4.78, 5) is 6.50. The molecular weight excluding hydrogens is 212 g/mol. The second-order valence-electron chi connectivity index (χ2n) is 4.35. The molecule has 0 N–H and O–H groups in total. The summed E-state index contributed by atoms with van der Waals surface area (Å²) < 4.78 is 5.64. The van der Waals surface area contributed by atoms with Crippen LogP contribution >= 0.6 is 11.6 Å². The largest absolute Gasteiger partial charge is 0.372 e. The van der Waals surface area contributed by atoms with E-state index in [0.717, 1.165) is 25.5 Å². The molecule has 1 aromatic rings. The number of aromatic nitrogens is 1. The Morgan fingerprint density at radius 2 is 2.27 bits per heavy atom. The normalized spacial score (nSPS) is 20.3. The molecular formula is C11H15ClN2O. The van der Waals surface area contributed by atoms with Crippen molar-refractivity contribution in [2.75, 3.05) is 24.6 Å². The van der Waals surface area contributed by atoms with E-state index in [1.807, 2.05) is 12.1 Å². The second-order valence-corrected chi connectivity index (χ2v) is 4.74. The van der Waals surface area contributed by atoms with Crippen LogP contribution in [0, 0.1) is 0 Å². The Labute approximate surface area is 95.0 Å². The Hall–Kier alpha value is -0.800. The Bertz CT molecular complexity index is 354. The minimum Gasteiger partial charge on any atom is -0.372 e. The highest BCUT2D eigenvalue weighted by molar-refractivity contribution is 6.29. The van der Waals surface area contributed by atoms with Crippen molar-refractivity contribution in [3.63, 3.8) is 0 Å². The minimum absolute atomic E-state index is 0.109. The van der Waals surface area contributed by atoms with Gasteiger partial charge in [0.2, 0.25) is 0 Å². The van der Waals surface area contributed by atoms with Crippen LogP contribution in [0.25, 0.3) is 0 Å². The molecule has 4 heteroatoms. The van der Waals surface area contributed by atoms with Gasteiger partial charge in [-0.15, -0.1) is 0 Å². The maximum atomic E-state index is 5.87. The molecule has 1 aromatic heterocycles. The summed E-state index contributed by atoms with van der Waals surface area (Å²) in [7, 11) is 0. The Balaban J connectivity index is 2.17. The lowest BCUT2D eigenvalue weighted by atomic mass is 10.1. The number of morpholine rings is 1. The first-order chi connectivity index (χ1) is 7.07. The fourth-order valence-electron chi connectivity index (χ4n) is 1.79. The lowest BCUT2D eigenvalue weighted by Crippen LogP contribution is -2.48. The Morgan fingerprint density at radius 1 is 1.47 bits per heavy atom. The monoisotopic (exact) mass is 226 g/mol. The van der Waals surface area contributed by atoms with Gasteiger partial charge in [0.25, 0.3) is 0 Å². The number of rotatable bonds is 1. The summed E-state index contributed by atoms with van der Waals surface area (Å²) in [6.07, 6.45) is 0.